The first-order valence-corrected chi connectivity index (χ1v) is 10.4. The van der Waals surface area contributed by atoms with Crippen molar-refractivity contribution in [3.8, 4) is 5.75 Å². The fourth-order valence-electron chi connectivity index (χ4n) is 4.34. The van der Waals surface area contributed by atoms with Crippen molar-refractivity contribution in [3.05, 3.63) is 95.6 Å². The summed E-state index contributed by atoms with van der Waals surface area (Å²) in [4.78, 5) is 28.5. The number of methoxy groups -OCH3 is 2. The Hall–Kier alpha value is -3.68. The summed E-state index contributed by atoms with van der Waals surface area (Å²) in [5.41, 5.74) is -2.82. The van der Waals surface area contributed by atoms with Gasteiger partial charge in [-0.05, 0) is 29.3 Å². The standard InChI is InChI=1S/C26H25NO6/c1-27-22-12-8-7-11-21(22)25(30,23(27)28)26(24(29)32-3,19-13-15-20(31-2)16-14-19)33-17-18-9-5-4-6-10-18/h4-16,30H,17H2,1-3H3/t25-,26+/m1/s1. The van der Waals surface area contributed by atoms with E-state index >= 15 is 0 Å². The quantitative estimate of drug-likeness (QED) is 0.560. The van der Waals surface area contributed by atoms with Crippen LogP contribution < -0.4 is 9.64 Å². The second-order valence-electron chi connectivity index (χ2n) is 7.77. The lowest BCUT2D eigenvalue weighted by Crippen LogP contribution is -2.61. The van der Waals surface area contributed by atoms with Gasteiger partial charge in [-0.25, -0.2) is 4.79 Å². The Bertz CT molecular complexity index is 1160. The van der Waals surface area contributed by atoms with Crippen molar-refractivity contribution in [2.24, 2.45) is 0 Å². The first kappa shape index (κ1) is 22.5. The molecule has 0 radical (unpaired) electrons. The minimum Gasteiger partial charge on any atom is -0.497 e. The number of ether oxygens (including phenoxy) is 3. The van der Waals surface area contributed by atoms with Gasteiger partial charge < -0.3 is 24.2 Å². The number of carbonyl (C=O) groups excluding carboxylic acids is 2. The predicted molar refractivity (Wildman–Crippen MR) is 122 cm³/mol. The molecule has 0 aromatic heterocycles. The van der Waals surface area contributed by atoms with E-state index in [4.69, 9.17) is 14.2 Å². The van der Waals surface area contributed by atoms with Gasteiger partial charge >= 0.3 is 5.97 Å². The fourth-order valence-corrected chi connectivity index (χ4v) is 4.34. The molecule has 1 aliphatic rings. The van der Waals surface area contributed by atoms with Gasteiger partial charge in [0.1, 0.15) is 5.75 Å². The zero-order valence-corrected chi connectivity index (χ0v) is 18.6. The van der Waals surface area contributed by atoms with Crippen molar-refractivity contribution >= 4 is 17.6 Å². The molecular formula is C26H25NO6. The summed E-state index contributed by atoms with van der Waals surface area (Å²) in [5, 5.41) is 12.2. The SMILES string of the molecule is COC(=O)[C@@](OCc1ccccc1)(c1ccc(OC)cc1)[C@]1(O)C(=O)N(C)c2ccccc21. The van der Waals surface area contributed by atoms with Crippen LogP contribution >= 0.6 is 0 Å². The Morgan fingerprint density at radius 3 is 2.24 bits per heavy atom. The van der Waals surface area contributed by atoms with E-state index in [1.807, 2.05) is 30.3 Å². The number of amides is 1. The summed E-state index contributed by atoms with van der Waals surface area (Å²) >= 11 is 0. The molecule has 3 aromatic carbocycles. The monoisotopic (exact) mass is 447 g/mol. The molecule has 0 saturated heterocycles. The Kier molecular flexibility index (Phi) is 5.93. The minimum absolute atomic E-state index is 0.0521. The third-order valence-corrected chi connectivity index (χ3v) is 6.05. The summed E-state index contributed by atoms with van der Waals surface area (Å²) in [6.07, 6.45) is 0. The van der Waals surface area contributed by atoms with Gasteiger partial charge in [0.15, 0.2) is 0 Å². The first-order chi connectivity index (χ1) is 15.9. The highest BCUT2D eigenvalue weighted by Crippen LogP contribution is 2.52. The molecule has 7 nitrogen and oxygen atoms in total. The zero-order chi connectivity index (χ0) is 23.6. The van der Waals surface area contributed by atoms with Crippen LogP contribution in [-0.2, 0) is 36.9 Å². The molecule has 0 bridgehead atoms. The van der Waals surface area contributed by atoms with Crippen LogP contribution in [0.25, 0.3) is 0 Å². The Balaban J connectivity index is 1.98. The van der Waals surface area contributed by atoms with Gasteiger partial charge in [0.05, 0.1) is 26.5 Å². The molecule has 2 atom stereocenters. The van der Waals surface area contributed by atoms with Crippen LogP contribution in [-0.4, -0.2) is 38.3 Å². The number of hydrogen-bond acceptors (Lipinski definition) is 6. The molecule has 1 amide bonds. The highest BCUT2D eigenvalue weighted by molar-refractivity contribution is 6.10. The van der Waals surface area contributed by atoms with Crippen molar-refractivity contribution in [1.29, 1.82) is 0 Å². The van der Waals surface area contributed by atoms with E-state index in [0.717, 1.165) is 5.56 Å². The maximum Gasteiger partial charge on any atom is 0.346 e. The van der Waals surface area contributed by atoms with Gasteiger partial charge in [-0.2, -0.15) is 0 Å². The van der Waals surface area contributed by atoms with E-state index in [2.05, 4.69) is 0 Å². The largest absolute Gasteiger partial charge is 0.497 e. The summed E-state index contributed by atoms with van der Waals surface area (Å²) in [5.74, 6) is -1.05. The van der Waals surface area contributed by atoms with Gasteiger partial charge in [0.2, 0.25) is 11.2 Å². The Morgan fingerprint density at radius 2 is 1.61 bits per heavy atom. The Morgan fingerprint density at radius 1 is 0.970 bits per heavy atom. The third kappa shape index (κ3) is 3.37. The molecule has 0 aliphatic carbocycles. The number of likely N-dealkylation sites (N-methyl/N-ethyl adjacent to an activating group) is 1. The van der Waals surface area contributed by atoms with Crippen LogP contribution in [0.5, 0.6) is 5.75 Å². The number of anilines is 1. The Labute approximate surface area is 192 Å². The number of esters is 1. The number of para-hydroxylation sites is 1. The molecule has 7 heteroatoms. The lowest BCUT2D eigenvalue weighted by Gasteiger charge is -2.41. The normalized spacial score (nSPS) is 19.0. The van der Waals surface area contributed by atoms with E-state index in [1.165, 1.54) is 19.1 Å². The molecular weight excluding hydrogens is 422 g/mol. The molecule has 0 fully saturated rings. The van der Waals surface area contributed by atoms with Crippen LogP contribution in [0.1, 0.15) is 16.7 Å². The van der Waals surface area contributed by atoms with Crippen LogP contribution in [0.4, 0.5) is 5.69 Å². The fraction of sp³-hybridized carbons (Fsp3) is 0.231. The van der Waals surface area contributed by atoms with Crippen molar-refractivity contribution in [3.63, 3.8) is 0 Å². The minimum atomic E-state index is -2.38. The van der Waals surface area contributed by atoms with E-state index in [0.29, 0.717) is 11.4 Å². The molecule has 0 saturated carbocycles. The second-order valence-corrected chi connectivity index (χ2v) is 7.77. The molecule has 0 unspecified atom stereocenters. The smallest absolute Gasteiger partial charge is 0.346 e. The van der Waals surface area contributed by atoms with Gasteiger partial charge in [-0.15, -0.1) is 0 Å². The van der Waals surface area contributed by atoms with Crippen molar-refractivity contribution in [2.45, 2.75) is 17.8 Å². The van der Waals surface area contributed by atoms with Crippen LogP contribution in [0.15, 0.2) is 78.9 Å². The first-order valence-electron chi connectivity index (χ1n) is 10.4. The van der Waals surface area contributed by atoms with Crippen molar-refractivity contribution in [1.82, 2.24) is 0 Å². The van der Waals surface area contributed by atoms with Crippen LogP contribution in [0.2, 0.25) is 0 Å². The lowest BCUT2D eigenvalue weighted by atomic mass is 9.73. The number of hydrogen-bond donors (Lipinski definition) is 1. The summed E-state index contributed by atoms with van der Waals surface area (Å²) in [6.45, 7) is -0.0521. The molecule has 170 valence electrons. The van der Waals surface area contributed by atoms with E-state index < -0.39 is 23.1 Å². The average Bonchev–Trinajstić information content (AvgIpc) is 3.07. The third-order valence-electron chi connectivity index (χ3n) is 6.05. The number of nitrogens with zero attached hydrogens (tertiary/aromatic N) is 1. The summed E-state index contributed by atoms with van der Waals surface area (Å²) < 4.78 is 16.7. The van der Waals surface area contributed by atoms with E-state index in [9.17, 15) is 14.7 Å². The predicted octanol–water partition coefficient (Wildman–Crippen LogP) is 3.14. The second kappa shape index (κ2) is 8.69. The van der Waals surface area contributed by atoms with Gasteiger partial charge in [0.25, 0.3) is 5.91 Å². The van der Waals surface area contributed by atoms with E-state index in [1.54, 1.807) is 55.6 Å². The van der Waals surface area contributed by atoms with E-state index in [-0.39, 0.29) is 17.7 Å². The molecule has 4 rings (SSSR count). The maximum atomic E-state index is 13.6. The number of aliphatic hydroxyl groups is 1. The highest BCUT2D eigenvalue weighted by Gasteiger charge is 2.68. The van der Waals surface area contributed by atoms with Crippen LogP contribution in [0, 0.1) is 0 Å². The zero-order valence-electron chi connectivity index (χ0n) is 18.6. The molecule has 1 N–H and O–H groups in total. The number of rotatable bonds is 7. The van der Waals surface area contributed by atoms with Crippen LogP contribution in [0.3, 0.4) is 0 Å². The summed E-state index contributed by atoms with van der Waals surface area (Å²) in [7, 11) is 4.27. The number of carbonyl (C=O) groups is 2. The van der Waals surface area contributed by atoms with Gasteiger partial charge in [-0.3, -0.25) is 4.79 Å². The topological polar surface area (TPSA) is 85.3 Å². The average molecular weight is 447 g/mol. The molecule has 1 aliphatic heterocycles. The maximum absolute atomic E-state index is 13.6. The summed E-state index contributed by atoms with van der Waals surface area (Å²) in [6, 6.07) is 22.4. The van der Waals surface area contributed by atoms with Crippen molar-refractivity contribution in [2.75, 3.05) is 26.2 Å². The lowest BCUT2D eigenvalue weighted by molar-refractivity contribution is -0.220. The number of benzene rings is 3. The van der Waals surface area contributed by atoms with Gasteiger partial charge in [-0.1, -0.05) is 60.7 Å². The molecule has 3 aromatic rings. The highest BCUT2D eigenvalue weighted by atomic mass is 16.6. The molecule has 0 spiro atoms. The molecule has 33 heavy (non-hydrogen) atoms. The molecule has 1 heterocycles. The number of fused-ring (bicyclic) bond motifs is 1. The van der Waals surface area contributed by atoms with Crippen molar-refractivity contribution < 1.29 is 28.9 Å². The van der Waals surface area contributed by atoms with Gasteiger partial charge in [0, 0.05) is 12.6 Å².